The Labute approximate surface area is 212 Å². The van der Waals surface area contributed by atoms with Crippen molar-refractivity contribution in [3.8, 4) is 0 Å². The van der Waals surface area contributed by atoms with Crippen molar-refractivity contribution in [1.82, 2.24) is 14.1 Å². The quantitative estimate of drug-likeness (QED) is 0.519. The molecule has 1 heterocycles. The van der Waals surface area contributed by atoms with Crippen LogP contribution in [-0.2, 0) is 27.5 Å². The van der Waals surface area contributed by atoms with Crippen molar-refractivity contribution in [1.29, 1.82) is 0 Å². The van der Waals surface area contributed by atoms with Crippen LogP contribution in [0.4, 0.5) is 18.0 Å². The average Bonchev–Trinajstić information content (AvgIpc) is 3.34. The number of likely N-dealkylation sites (N-methyl/N-ethyl adjacent to an activating group) is 2. The maximum Gasteiger partial charge on any atom is 0.417 e. The first-order chi connectivity index (χ1) is 17.3. The van der Waals surface area contributed by atoms with Crippen molar-refractivity contribution in [2.75, 3.05) is 33.7 Å². The molecule has 0 radical (unpaired) electrons. The molecule has 0 saturated carbocycles. The number of carboxylic acid groups (broad SMARTS) is 1. The SMILES string of the molecule is CN(Cc1ccc(C2=NCCN2C(=O)O)cc1)C(=O)/C=C/CN(C)S(=O)(=O)c1ccccc1C(F)(F)F. The van der Waals surface area contributed by atoms with E-state index in [1.54, 1.807) is 24.3 Å². The van der Waals surface area contributed by atoms with Crippen molar-refractivity contribution in [3.63, 3.8) is 0 Å². The van der Waals surface area contributed by atoms with Crippen LogP contribution in [0.1, 0.15) is 16.7 Å². The number of sulfonamides is 1. The van der Waals surface area contributed by atoms with E-state index in [0.717, 1.165) is 40.0 Å². The number of amidine groups is 1. The molecule has 13 heteroatoms. The normalized spacial score (nSPS) is 14.3. The fraction of sp³-hybridized carbons (Fsp3) is 0.292. The molecule has 0 saturated heterocycles. The van der Waals surface area contributed by atoms with Crippen LogP contribution in [0.2, 0.25) is 0 Å². The molecule has 0 spiro atoms. The fourth-order valence-electron chi connectivity index (χ4n) is 3.61. The Bertz CT molecular complexity index is 1320. The van der Waals surface area contributed by atoms with Crippen molar-refractivity contribution in [2.45, 2.75) is 17.6 Å². The zero-order valence-electron chi connectivity index (χ0n) is 20.0. The first-order valence-electron chi connectivity index (χ1n) is 11.0. The minimum atomic E-state index is -4.84. The van der Waals surface area contributed by atoms with Gasteiger partial charge in [-0.1, -0.05) is 42.5 Å². The van der Waals surface area contributed by atoms with E-state index in [1.165, 1.54) is 24.1 Å². The van der Waals surface area contributed by atoms with Gasteiger partial charge in [-0.15, -0.1) is 0 Å². The molecular weight excluding hydrogens is 513 g/mol. The topological polar surface area (TPSA) is 111 Å². The average molecular weight is 539 g/mol. The molecule has 0 fully saturated rings. The number of carbonyl (C=O) groups excluding carboxylic acids is 1. The maximum atomic E-state index is 13.2. The molecule has 0 atom stereocenters. The van der Waals surface area contributed by atoms with E-state index in [1.807, 2.05) is 0 Å². The van der Waals surface area contributed by atoms with Crippen LogP contribution in [0.5, 0.6) is 0 Å². The summed E-state index contributed by atoms with van der Waals surface area (Å²) in [6.07, 6.45) is -3.51. The Morgan fingerprint density at radius 1 is 1.11 bits per heavy atom. The molecular formula is C24H25F3N4O5S. The van der Waals surface area contributed by atoms with Gasteiger partial charge < -0.3 is 10.0 Å². The lowest BCUT2D eigenvalue weighted by Gasteiger charge is -2.19. The molecule has 0 aliphatic carbocycles. The summed E-state index contributed by atoms with van der Waals surface area (Å²) in [5, 5.41) is 9.24. The van der Waals surface area contributed by atoms with E-state index in [-0.39, 0.29) is 13.1 Å². The van der Waals surface area contributed by atoms with Gasteiger partial charge in [0, 0.05) is 38.8 Å². The zero-order chi connectivity index (χ0) is 27.4. The van der Waals surface area contributed by atoms with E-state index in [2.05, 4.69) is 4.99 Å². The summed E-state index contributed by atoms with van der Waals surface area (Å²) < 4.78 is 65.8. The summed E-state index contributed by atoms with van der Waals surface area (Å²) in [5.41, 5.74) is 0.133. The number of rotatable bonds is 8. The molecule has 1 aliphatic heterocycles. The van der Waals surface area contributed by atoms with Gasteiger partial charge in [-0.25, -0.2) is 13.2 Å². The molecule has 3 rings (SSSR count). The standard InChI is InChI=1S/C24H25F3N4O5S/c1-29(16-17-9-11-18(12-10-17)22-28-13-15-31(22)23(33)34)21(32)8-5-14-30(2)37(35,36)20-7-4-3-6-19(20)24(25,26)27/h3-12H,13-16H2,1-2H3,(H,33,34)/b8-5+. The lowest BCUT2D eigenvalue weighted by Crippen LogP contribution is -2.33. The number of halogens is 3. The van der Waals surface area contributed by atoms with E-state index >= 15 is 0 Å². The smallest absolute Gasteiger partial charge is 0.417 e. The van der Waals surface area contributed by atoms with Crippen molar-refractivity contribution in [3.05, 3.63) is 77.4 Å². The Hall–Kier alpha value is -3.71. The second-order valence-corrected chi connectivity index (χ2v) is 10.2. The van der Waals surface area contributed by atoms with Gasteiger partial charge >= 0.3 is 12.3 Å². The summed E-state index contributed by atoms with van der Waals surface area (Å²) in [6.45, 7) is 0.580. The minimum Gasteiger partial charge on any atom is -0.465 e. The van der Waals surface area contributed by atoms with Gasteiger partial charge in [0.2, 0.25) is 15.9 Å². The third kappa shape index (κ3) is 6.54. The van der Waals surface area contributed by atoms with Gasteiger partial charge in [-0.05, 0) is 17.7 Å². The number of aliphatic imine (C=N–C) groups is 1. The van der Waals surface area contributed by atoms with Crippen LogP contribution in [0.25, 0.3) is 0 Å². The molecule has 37 heavy (non-hydrogen) atoms. The van der Waals surface area contributed by atoms with Crippen molar-refractivity contribution in [2.24, 2.45) is 4.99 Å². The fourth-order valence-corrected chi connectivity index (χ4v) is 4.94. The highest BCUT2D eigenvalue weighted by molar-refractivity contribution is 7.89. The van der Waals surface area contributed by atoms with Crippen LogP contribution in [-0.4, -0.2) is 79.2 Å². The lowest BCUT2D eigenvalue weighted by molar-refractivity contribution is -0.140. The van der Waals surface area contributed by atoms with Gasteiger partial charge in [0.05, 0.1) is 23.5 Å². The second kappa shape index (κ2) is 11.1. The van der Waals surface area contributed by atoms with Crippen LogP contribution in [0.15, 0.2) is 70.6 Å². The molecule has 2 aromatic carbocycles. The van der Waals surface area contributed by atoms with E-state index in [9.17, 15) is 36.3 Å². The molecule has 0 bridgehead atoms. The number of hydrogen-bond acceptors (Lipinski definition) is 5. The van der Waals surface area contributed by atoms with E-state index in [4.69, 9.17) is 0 Å². The zero-order valence-corrected chi connectivity index (χ0v) is 20.8. The number of hydrogen-bond donors (Lipinski definition) is 1. The molecule has 0 aromatic heterocycles. The Kier molecular flexibility index (Phi) is 8.39. The number of alkyl halides is 3. The van der Waals surface area contributed by atoms with E-state index < -0.39 is 38.7 Å². The minimum absolute atomic E-state index is 0.214. The first kappa shape index (κ1) is 27.9. The molecule has 9 nitrogen and oxygen atoms in total. The second-order valence-electron chi connectivity index (χ2n) is 8.21. The molecule has 198 valence electrons. The number of benzene rings is 2. The number of carbonyl (C=O) groups is 2. The third-order valence-corrected chi connectivity index (χ3v) is 7.47. The molecule has 1 N–H and O–H groups in total. The predicted molar refractivity (Wildman–Crippen MR) is 129 cm³/mol. The van der Waals surface area contributed by atoms with Crippen LogP contribution < -0.4 is 0 Å². The Morgan fingerprint density at radius 2 is 1.76 bits per heavy atom. The van der Waals surface area contributed by atoms with Crippen LogP contribution >= 0.6 is 0 Å². The Morgan fingerprint density at radius 3 is 2.38 bits per heavy atom. The summed E-state index contributed by atoms with van der Waals surface area (Å²) in [4.78, 5) is 29.6. The third-order valence-electron chi connectivity index (χ3n) is 5.58. The number of nitrogens with zero attached hydrogens (tertiary/aromatic N) is 4. The highest BCUT2D eigenvalue weighted by atomic mass is 32.2. The van der Waals surface area contributed by atoms with Crippen molar-refractivity contribution < 1.29 is 36.3 Å². The van der Waals surface area contributed by atoms with Gasteiger partial charge in [0.1, 0.15) is 5.84 Å². The van der Waals surface area contributed by atoms with Crippen LogP contribution in [0, 0.1) is 0 Å². The van der Waals surface area contributed by atoms with Gasteiger partial charge in [-0.3, -0.25) is 14.7 Å². The summed E-state index contributed by atoms with van der Waals surface area (Å²) in [7, 11) is -1.79. The molecule has 0 unspecified atom stereocenters. The molecule has 2 amide bonds. The highest BCUT2D eigenvalue weighted by Crippen LogP contribution is 2.34. The van der Waals surface area contributed by atoms with Gasteiger partial charge in [-0.2, -0.15) is 17.5 Å². The summed E-state index contributed by atoms with van der Waals surface area (Å²) >= 11 is 0. The predicted octanol–water partition coefficient (Wildman–Crippen LogP) is 3.28. The summed E-state index contributed by atoms with van der Waals surface area (Å²) in [6, 6.07) is 10.8. The highest BCUT2D eigenvalue weighted by Gasteiger charge is 2.37. The van der Waals surface area contributed by atoms with E-state index in [0.29, 0.717) is 30.6 Å². The molecule has 1 aliphatic rings. The monoisotopic (exact) mass is 538 g/mol. The summed E-state index contributed by atoms with van der Waals surface area (Å²) in [5.74, 6) is -0.0777. The van der Waals surface area contributed by atoms with Gasteiger partial charge in [0.15, 0.2) is 0 Å². The van der Waals surface area contributed by atoms with Crippen LogP contribution in [0.3, 0.4) is 0 Å². The molecule has 2 aromatic rings. The number of amides is 2. The maximum absolute atomic E-state index is 13.2. The first-order valence-corrected chi connectivity index (χ1v) is 12.4. The van der Waals surface area contributed by atoms with Crippen molar-refractivity contribution >= 4 is 27.9 Å². The van der Waals surface area contributed by atoms with Gasteiger partial charge in [0.25, 0.3) is 0 Å². The Balaban J connectivity index is 1.60. The largest absolute Gasteiger partial charge is 0.465 e. The lowest BCUT2D eigenvalue weighted by atomic mass is 10.1.